The predicted octanol–water partition coefficient (Wildman–Crippen LogP) is 3.02. The number of rotatable bonds is 5. The molecule has 1 N–H and O–H groups in total. The Hall–Kier alpha value is -2.95. The standard InChI is InChI=1S/C18H17N3O2/c1-13-16(21-18(23-13)14-6-3-2-4-7-14)9-11-20-17(22)15-8-5-10-19-12-15/h2-8,10,12H,9,11H2,1H3,(H,20,22). The molecule has 116 valence electrons. The van der Waals surface area contributed by atoms with Crippen molar-refractivity contribution in [3.05, 3.63) is 71.9 Å². The summed E-state index contributed by atoms with van der Waals surface area (Å²) in [7, 11) is 0. The Kier molecular flexibility index (Phi) is 4.47. The number of pyridine rings is 1. The maximum Gasteiger partial charge on any atom is 0.252 e. The number of nitrogens with zero attached hydrogens (tertiary/aromatic N) is 2. The van der Waals surface area contributed by atoms with Crippen molar-refractivity contribution >= 4 is 5.91 Å². The summed E-state index contributed by atoms with van der Waals surface area (Å²) >= 11 is 0. The molecule has 0 atom stereocenters. The Morgan fingerprint density at radius 1 is 1.17 bits per heavy atom. The van der Waals surface area contributed by atoms with Crippen LogP contribution in [0.5, 0.6) is 0 Å². The van der Waals surface area contributed by atoms with Crippen LogP contribution in [0.4, 0.5) is 0 Å². The summed E-state index contributed by atoms with van der Waals surface area (Å²) in [5.41, 5.74) is 2.35. The maximum absolute atomic E-state index is 12.0. The molecule has 3 rings (SSSR count). The van der Waals surface area contributed by atoms with E-state index in [1.165, 1.54) is 0 Å². The molecule has 2 aromatic heterocycles. The number of hydrogen-bond donors (Lipinski definition) is 1. The summed E-state index contributed by atoms with van der Waals surface area (Å²) in [4.78, 5) is 20.4. The van der Waals surface area contributed by atoms with E-state index in [0.29, 0.717) is 24.4 Å². The number of aromatic nitrogens is 2. The van der Waals surface area contributed by atoms with Crippen molar-refractivity contribution in [2.75, 3.05) is 6.54 Å². The first kappa shape index (κ1) is 15.0. The monoisotopic (exact) mass is 307 g/mol. The van der Waals surface area contributed by atoms with E-state index in [-0.39, 0.29) is 5.91 Å². The number of aryl methyl sites for hydroxylation is 1. The smallest absolute Gasteiger partial charge is 0.252 e. The van der Waals surface area contributed by atoms with E-state index in [1.54, 1.807) is 24.5 Å². The third-order valence-corrected chi connectivity index (χ3v) is 3.48. The van der Waals surface area contributed by atoms with Crippen LogP contribution in [0.3, 0.4) is 0 Å². The van der Waals surface area contributed by atoms with Crippen LogP contribution in [0.15, 0.2) is 59.3 Å². The average molecular weight is 307 g/mol. The molecule has 0 spiro atoms. The lowest BCUT2D eigenvalue weighted by molar-refractivity contribution is 0.0953. The zero-order chi connectivity index (χ0) is 16.1. The van der Waals surface area contributed by atoms with E-state index in [9.17, 15) is 4.79 Å². The lowest BCUT2D eigenvalue weighted by Gasteiger charge is -2.03. The van der Waals surface area contributed by atoms with Crippen LogP contribution < -0.4 is 5.32 Å². The van der Waals surface area contributed by atoms with Crippen molar-refractivity contribution < 1.29 is 9.21 Å². The van der Waals surface area contributed by atoms with Gasteiger partial charge in [0.2, 0.25) is 5.89 Å². The van der Waals surface area contributed by atoms with Gasteiger partial charge in [0.15, 0.2) is 0 Å². The fourth-order valence-corrected chi connectivity index (χ4v) is 2.26. The fraction of sp³-hybridized carbons (Fsp3) is 0.167. The molecule has 23 heavy (non-hydrogen) atoms. The molecule has 1 aromatic carbocycles. The lowest BCUT2D eigenvalue weighted by atomic mass is 10.2. The molecule has 0 fully saturated rings. The van der Waals surface area contributed by atoms with Crippen molar-refractivity contribution in [1.82, 2.24) is 15.3 Å². The summed E-state index contributed by atoms with van der Waals surface area (Å²) in [5.74, 6) is 1.25. The van der Waals surface area contributed by atoms with Gasteiger partial charge in [-0.15, -0.1) is 0 Å². The normalized spacial score (nSPS) is 10.5. The van der Waals surface area contributed by atoms with Gasteiger partial charge >= 0.3 is 0 Å². The van der Waals surface area contributed by atoms with Crippen LogP contribution >= 0.6 is 0 Å². The number of hydrogen-bond acceptors (Lipinski definition) is 4. The zero-order valence-corrected chi connectivity index (χ0v) is 12.8. The lowest BCUT2D eigenvalue weighted by Crippen LogP contribution is -2.25. The van der Waals surface area contributed by atoms with Gasteiger partial charge in [-0.25, -0.2) is 4.98 Å². The molecule has 1 amide bonds. The van der Waals surface area contributed by atoms with E-state index in [2.05, 4.69) is 15.3 Å². The van der Waals surface area contributed by atoms with Crippen LogP contribution in [0.1, 0.15) is 21.8 Å². The van der Waals surface area contributed by atoms with Gasteiger partial charge < -0.3 is 9.73 Å². The van der Waals surface area contributed by atoms with Crippen LogP contribution in [-0.2, 0) is 6.42 Å². The van der Waals surface area contributed by atoms with Gasteiger partial charge in [0.05, 0.1) is 11.3 Å². The van der Waals surface area contributed by atoms with Crippen molar-refractivity contribution in [1.29, 1.82) is 0 Å². The number of nitrogens with one attached hydrogen (secondary N) is 1. The van der Waals surface area contributed by atoms with Gasteiger partial charge in [0.25, 0.3) is 5.91 Å². The largest absolute Gasteiger partial charge is 0.441 e. The highest BCUT2D eigenvalue weighted by atomic mass is 16.4. The first-order valence-electron chi connectivity index (χ1n) is 7.44. The second-order valence-electron chi connectivity index (χ2n) is 5.14. The molecule has 0 unspecified atom stereocenters. The number of oxazole rings is 1. The second kappa shape index (κ2) is 6.87. The molecular weight excluding hydrogens is 290 g/mol. The third-order valence-electron chi connectivity index (χ3n) is 3.48. The van der Waals surface area contributed by atoms with Crippen molar-refractivity contribution in [3.8, 4) is 11.5 Å². The topological polar surface area (TPSA) is 68.0 Å². The Labute approximate surface area is 134 Å². The van der Waals surface area contributed by atoms with Gasteiger partial charge in [-0.3, -0.25) is 9.78 Å². The highest BCUT2D eigenvalue weighted by Gasteiger charge is 2.11. The Morgan fingerprint density at radius 2 is 2.00 bits per heavy atom. The minimum atomic E-state index is -0.137. The molecule has 3 aromatic rings. The predicted molar refractivity (Wildman–Crippen MR) is 87.0 cm³/mol. The summed E-state index contributed by atoms with van der Waals surface area (Å²) < 4.78 is 5.71. The van der Waals surface area contributed by atoms with Gasteiger partial charge in [0, 0.05) is 30.9 Å². The highest BCUT2D eigenvalue weighted by molar-refractivity contribution is 5.93. The van der Waals surface area contributed by atoms with Gasteiger partial charge in [-0.1, -0.05) is 18.2 Å². The van der Waals surface area contributed by atoms with Crippen LogP contribution in [0.2, 0.25) is 0 Å². The van der Waals surface area contributed by atoms with Crippen molar-refractivity contribution in [2.45, 2.75) is 13.3 Å². The summed E-state index contributed by atoms with van der Waals surface area (Å²) in [6.07, 6.45) is 3.80. The average Bonchev–Trinajstić information content (AvgIpc) is 2.97. The fourth-order valence-electron chi connectivity index (χ4n) is 2.26. The molecule has 0 saturated heterocycles. The SMILES string of the molecule is Cc1oc(-c2ccccc2)nc1CCNC(=O)c1cccnc1. The zero-order valence-electron chi connectivity index (χ0n) is 12.8. The van der Waals surface area contributed by atoms with Crippen molar-refractivity contribution in [3.63, 3.8) is 0 Å². The minimum Gasteiger partial charge on any atom is -0.441 e. The molecule has 0 aliphatic heterocycles. The van der Waals surface area contributed by atoms with E-state index in [1.807, 2.05) is 37.3 Å². The van der Waals surface area contributed by atoms with E-state index in [0.717, 1.165) is 17.0 Å². The number of benzene rings is 1. The van der Waals surface area contributed by atoms with Gasteiger partial charge in [-0.2, -0.15) is 0 Å². The summed E-state index contributed by atoms with van der Waals surface area (Å²) in [5, 5.41) is 2.86. The number of amides is 1. The minimum absolute atomic E-state index is 0.137. The van der Waals surface area contributed by atoms with Gasteiger partial charge in [0.1, 0.15) is 5.76 Å². The van der Waals surface area contributed by atoms with Crippen LogP contribution in [0, 0.1) is 6.92 Å². The summed E-state index contributed by atoms with van der Waals surface area (Å²) in [6, 6.07) is 13.2. The van der Waals surface area contributed by atoms with Crippen LogP contribution in [0.25, 0.3) is 11.5 Å². The Bertz CT molecular complexity index is 783. The van der Waals surface area contributed by atoms with E-state index in [4.69, 9.17) is 4.42 Å². The molecule has 0 aliphatic carbocycles. The quantitative estimate of drug-likeness (QED) is 0.786. The van der Waals surface area contributed by atoms with Gasteiger partial charge in [-0.05, 0) is 31.2 Å². The second-order valence-corrected chi connectivity index (χ2v) is 5.14. The molecule has 5 nitrogen and oxygen atoms in total. The highest BCUT2D eigenvalue weighted by Crippen LogP contribution is 2.21. The first-order valence-corrected chi connectivity index (χ1v) is 7.44. The number of carbonyl (C=O) groups is 1. The molecule has 0 radical (unpaired) electrons. The molecule has 0 aliphatic rings. The first-order chi connectivity index (χ1) is 11.2. The van der Waals surface area contributed by atoms with E-state index >= 15 is 0 Å². The third kappa shape index (κ3) is 3.63. The van der Waals surface area contributed by atoms with Crippen LogP contribution in [-0.4, -0.2) is 22.4 Å². The molecule has 0 bridgehead atoms. The molecular formula is C18H17N3O2. The molecule has 0 saturated carbocycles. The Morgan fingerprint density at radius 3 is 2.74 bits per heavy atom. The molecule has 2 heterocycles. The number of carbonyl (C=O) groups excluding carboxylic acids is 1. The summed E-state index contributed by atoms with van der Waals surface area (Å²) in [6.45, 7) is 2.38. The Balaban J connectivity index is 1.61. The maximum atomic E-state index is 12.0. The molecule has 5 heteroatoms. The van der Waals surface area contributed by atoms with E-state index < -0.39 is 0 Å². The van der Waals surface area contributed by atoms with Crippen molar-refractivity contribution in [2.24, 2.45) is 0 Å².